The number of nitrogens with one attached hydrogen (secondary N) is 2. The summed E-state index contributed by atoms with van der Waals surface area (Å²) in [5.41, 5.74) is -1.75. The van der Waals surface area contributed by atoms with Crippen LogP contribution in [0.1, 0.15) is 22.8 Å². The van der Waals surface area contributed by atoms with Gasteiger partial charge in [0.25, 0.3) is 11.5 Å². The molecule has 0 spiro atoms. The fourth-order valence-electron chi connectivity index (χ4n) is 3.30. The molecular formula is C21H16F3N5O3. The van der Waals surface area contributed by atoms with Crippen LogP contribution in [0.25, 0.3) is 16.6 Å². The van der Waals surface area contributed by atoms with Gasteiger partial charge in [0.15, 0.2) is 0 Å². The van der Waals surface area contributed by atoms with Gasteiger partial charge < -0.3 is 10.3 Å². The average Bonchev–Trinajstić information content (AvgIpc) is 3.27. The van der Waals surface area contributed by atoms with E-state index in [9.17, 15) is 27.6 Å². The molecule has 4 rings (SSSR count). The van der Waals surface area contributed by atoms with Crippen LogP contribution in [0.5, 0.6) is 0 Å². The van der Waals surface area contributed by atoms with Crippen molar-refractivity contribution in [2.45, 2.75) is 19.6 Å². The molecule has 164 valence electrons. The van der Waals surface area contributed by atoms with E-state index in [0.717, 1.165) is 16.7 Å². The molecule has 32 heavy (non-hydrogen) atoms. The van der Waals surface area contributed by atoms with Gasteiger partial charge in [-0.3, -0.25) is 14.2 Å². The Bertz CT molecular complexity index is 1440. The summed E-state index contributed by atoms with van der Waals surface area (Å²) in [6.45, 7) is 1.83. The number of rotatable bonds is 4. The van der Waals surface area contributed by atoms with Gasteiger partial charge in [-0.25, -0.2) is 9.48 Å². The van der Waals surface area contributed by atoms with E-state index < -0.39 is 28.9 Å². The minimum atomic E-state index is -4.61. The van der Waals surface area contributed by atoms with Crippen LogP contribution in [-0.2, 0) is 12.7 Å². The van der Waals surface area contributed by atoms with Crippen LogP contribution >= 0.6 is 0 Å². The predicted octanol–water partition coefficient (Wildman–Crippen LogP) is 3.17. The first-order valence-corrected chi connectivity index (χ1v) is 9.48. The number of hydrogen-bond donors (Lipinski definition) is 2. The van der Waals surface area contributed by atoms with Gasteiger partial charge in [0.05, 0.1) is 27.8 Å². The molecule has 2 aromatic heterocycles. The van der Waals surface area contributed by atoms with E-state index in [1.165, 1.54) is 41.3 Å². The molecule has 2 aromatic carbocycles. The smallest absolute Gasteiger partial charge is 0.320 e. The topological polar surface area (TPSA) is 102 Å². The second-order valence-electron chi connectivity index (χ2n) is 6.87. The lowest BCUT2D eigenvalue weighted by atomic mass is 10.1. The number of benzene rings is 2. The van der Waals surface area contributed by atoms with Crippen LogP contribution in [0.2, 0.25) is 0 Å². The highest BCUT2D eigenvalue weighted by Gasteiger charge is 2.31. The Morgan fingerprint density at radius 3 is 2.59 bits per heavy atom. The Morgan fingerprint density at radius 1 is 1.16 bits per heavy atom. The molecule has 0 unspecified atom stereocenters. The van der Waals surface area contributed by atoms with Gasteiger partial charge in [-0.1, -0.05) is 0 Å². The normalized spacial score (nSPS) is 11.6. The molecule has 0 atom stereocenters. The molecule has 0 saturated carbocycles. The van der Waals surface area contributed by atoms with Crippen LogP contribution in [0, 0.1) is 0 Å². The molecule has 0 saturated heterocycles. The molecule has 0 aliphatic carbocycles. The molecular weight excluding hydrogens is 427 g/mol. The lowest BCUT2D eigenvalue weighted by molar-refractivity contribution is -0.137. The molecule has 0 aliphatic rings. The molecule has 0 aliphatic heterocycles. The minimum Gasteiger partial charge on any atom is -0.320 e. The molecule has 0 fully saturated rings. The average molecular weight is 443 g/mol. The number of carbonyl (C=O) groups excluding carboxylic acids is 1. The summed E-state index contributed by atoms with van der Waals surface area (Å²) in [7, 11) is 0. The van der Waals surface area contributed by atoms with Crippen molar-refractivity contribution in [3.05, 3.63) is 86.8 Å². The van der Waals surface area contributed by atoms with Crippen LogP contribution in [0.15, 0.2) is 64.4 Å². The fraction of sp³-hybridized carbons (Fsp3) is 0.143. The molecule has 4 aromatic rings. The zero-order valence-electron chi connectivity index (χ0n) is 16.6. The summed E-state index contributed by atoms with van der Waals surface area (Å²) < 4.78 is 42.0. The van der Waals surface area contributed by atoms with E-state index in [-0.39, 0.29) is 34.4 Å². The van der Waals surface area contributed by atoms with Crippen LogP contribution in [-0.4, -0.2) is 25.2 Å². The van der Waals surface area contributed by atoms with Crippen molar-refractivity contribution in [3.8, 4) is 5.69 Å². The SMILES string of the molecule is CCn1c(=O)[nH]c2cc(C(=O)Nc3cc(C(F)(F)F)ccc3-n3cccn3)ccc2c1=O. The summed E-state index contributed by atoms with van der Waals surface area (Å²) >= 11 is 0. The second-order valence-corrected chi connectivity index (χ2v) is 6.87. The number of alkyl halides is 3. The Labute approximate surface area is 177 Å². The first-order valence-electron chi connectivity index (χ1n) is 9.48. The maximum absolute atomic E-state index is 13.2. The summed E-state index contributed by atoms with van der Waals surface area (Å²) in [6, 6.07) is 8.55. The van der Waals surface area contributed by atoms with E-state index >= 15 is 0 Å². The maximum atomic E-state index is 13.2. The molecule has 2 N–H and O–H groups in total. The molecule has 0 bridgehead atoms. The Balaban J connectivity index is 1.76. The van der Waals surface area contributed by atoms with Crippen molar-refractivity contribution in [1.82, 2.24) is 19.3 Å². The molecule has 2 heterocycles. The van der Waals surface area contributed by atoms with Gasteiger partial charge in [-0.05, 0) is 49.4 Å². The highest BCUT2D eigenvalue weighted by molar-refractivity contribution is 6.07. The molecule has 1 amide bonds. The number of halogens is 3. The number of H-pyrrole nitrogens is 1. The fourth-order valence-corrected chi connectivity index (χ4v) is 3.30. The quantitative estimate of drug-likeness (QED) is 0.506. The summed E-state index contributed by atoms with van der Waals surface area (Å²) in [5.74, 6) is -0.722. The Hall–Kier alpha value is -4.15. The number of aromatic amines is 1. The van der Waals surface area contributed by atoms with Crippen molar-refractivity contribution >= 4 is 22.5 Å². The first kappa shape index (κ1) is 21.1. The third kappa shape index (κ3) is 3.80. The Morgan fingerprint density at radius 2 is 1.94 bits per heavy atom. The third-order valence-electron chi connectivity index (χ3n) is 4.88. The molecule has 8 nitrogen and oxygen atoms in total. The molecule has 0 radical (unpaired) electrons. The van der Waals surface area contributed by atoms with E-state index in [2.05, 4.69) is 15.4 Å². The number of anilines is 1. The van der Waals surface area contributed by atoms with Gasteiger partial charge in [0.1, 0.15) is 0 Å². The van der Waals surface area contributed by atoms with Crippen LogP contribution in [0.4, 0.5) is 18.9 Å². The van der Waals surface area contributed by atoms with Gasteiger partial charge in [-0.15, -0.1) is 0 Å². The van der Waals surface area contributed by atoms with Gasteiger partial charge >= 0.3 is 11.9 Å². The van der Waals surface area contributed by atoms with E-state index in [1.54, 1.807) is 13.0 Å². The third-order valence-corrected chi connectivity index (χ3v) is 4.88. The van der Waals surface area contributed by atoms with Gasteiger partial charge in [0.2, 0.25) is 0 Å². The number of nitrogens with zero attached hydrogens (tertiary/aromatic N) is 3. The molecule has 11 heteroatoms. The summed E-state index contributed by atoms with van der Waals surface area (Å²) in [6.07, 6.45) is -1.63. The standard InChI is InChI=1S/C21H16F3N5O3/c1-2-28-19(31)14-6-4-12(10-15(14)27-20(28)32)18(30)26-16-11-13(21(22,23)24)5-7-17(16)29-9-3-8-25-29/h3-11H,2H2,1H3,(H,26,30)(H,27,32). The lowest BCUT2D eigenvalue weighted by Gasteiger charge is -2.15. The largest absolute Gasteiger partial charge is 0.416 e. The van der Waals surface area contributed by atoms with Crippen molar-refractivity contribution in [2.24, 2.45) is 0 Å². The van der Waals surface area contributed by atoms with Crippen LogP contribution in [0.3, 0.4) is 0 Å². The van der Waals surface area contributed by atoms with Crippen molar-refractivity contribution in [2.75, 3.05) is 5.32 Å². The highest BCUT2D eigenvalue weighted by Crippen LogP contribution is 2.33. The van der Waals surface area contributed by atoms with Crippen molar-refractivity contribution in [3.63, 3.8) is 0 Å². The maximum Gasteiger partial charge on any atom is 0.416 e. The summed E-state index contributed by atoms with van der Waals surface area (Å²) in [4.78, 5) is 39.8. The minimum absolute atomic E-state index is 0.0469. The van der Waals surface area contributed by atoms with Gasteiger partial charge in [-0.2, -0.15) is 18.3 Å². The zero-order valence-corrected chi connectivity index (χ0v) is 16.6. The predicted molar refractivity (Wildman–Crippen MR) is 111 cm³/mol. The van der Waals surface area contributed by atoms with Crippen molar-refractivity contribution in [1.29, 1.82) is 0 Å². The van der Waals surface area contributed by atoms with E-state index in [0.29, 0.717) is 0 Å². The van der Waals surface area contributed by atoms with E-state index in [1.807, 2.05) is 0 Å². The summed E-state index contributed by atoms with van der Waals surface area (Å²) in [5, 5.41) is 6.68. The number of amides is 1. The lowest BCUT2D eigenvalue weighted by Crippen LogP contribution is -2.34. The monoisotopic (exact) mass is 443 g/mol. The van der Waals surface area contributed by atoms with E-state index in [4.69, 9.17) is 0 Å². The first-order chi connectivity index (χ1) is 15.2. The second kappa shape index (κ2) is 7.84. The zero-order chi connectivity index (χ0) is 23.0. The number of carbonyl (C=O) groups is 1. The van der Waals surface area contributed by atoms with Crippen LogP contribution < -0.4 is 16.6 Å². The number of aromatic nitrogens is 4. The number of hydrogen-bond acceptors (Lipinski definition) is 4. The Kier molecular flexibility index (Phi) is 5.17. The number of fused-ring (bicyclic) bond motifs is 1. The van der Waals surface area contributed by atoms with Gasteiger partial charge in [0, 0.05) is 24.5 Å². The highest BCUT2D eigenvalue weighted by atomic mass is 19.4. The van der Waals surface area contributed by atoms with Crippen molar-refractivity contribution < 1.29 is 18.0 Å².